The smallest absolute Gasteiger partial charge is 0.0166 e. The normalized spacial score (nSPS) is 12.1. The fraction of sp³-hybridized carbons (Fsp3) is 0.294. The largest absolute Gasteiger partial charge is 0.0894 e. The monoisotopic (exact) mass is 478 g/mol. The average molecular weight is 479 g/mol. The van der Waals surface area contributed by atoms with Crippen molar-refractivity contribution in [1.29, 1.82) is 0 Å². The van der Waals surface area contributed by atoms with Crippen LogP contribution in [0.25, 0.3) is 22.3 Å². The van der Waals surface area contributed by atoms with E-state index in [4.69, 9.17) is 0 Å². The maximum atomic E-state index is 2.34. The highest BCUT2D eigenvalue weighted by Crippen LogP contribution is 2.47. The number of benzene rings is 4. The molecule has 0 radical (unpaired) electrons. The van der Waals surface area contributed by atoms with Gasteiger partial charge in [-0.05, 0) is 81.3 Å². The minimum absolute atomic E-state index is 0.0106. The molecule has 4 rings (SSSR count). The zero-order valence-electron chi connectivity index (χ0n) is 22.5. The summed E-state index contributed by atoms with van der Waals surface area (Å²) in [6, 6.07) is 31.1. The van der Waals surface area contributed by atoms with Crippen molar-refractivity contribution >= 4 is 11.8 Å². The van der Waals surface area contributed by atoms with E-state index in [1.165, 1.54) is 54.3 Å². The number of aryl methyl sites for hydroxylation is 2. The molecule has 180 valence electrons. The van der Waals surface area contributed by atoms with Gasteiger partial charge in [-0.15, -0.1) is 0 Å². The van der Waals surface area contributed by atoms with Gasteiger partial charge in [-0.3, -0.25) is 0 Å². The van der Waals surface area contributed by atoms with Crippen LogP contribution in [0.5, 0.6) is 0 Å². The van der Waals surface area contributed by atoms with Gasteiger partial charge in [0, 0.05) is 9.79 Å². The van der Waals surface area contributed by atoms with Crippen LogP contribution in [-0.2, 0) is 10.8 Å². The van der Waals surface area contributed by atoms with Crippen LogP contribution in [0.4, 0.5) is 0 Å². The van der Waals surface area contributed by atoms with Crippen molar-refractivity contribution in [3.8, 4) is 22.3 Å². The lowest BCUT2D eigenvalue weighted by molar-refractivity contribution is 0.577. The lowest BCUT2D eigenvalue weighted by atomic mass is 9.81. The molecule has 0 bridgehead atoms. The third-order valence-corrected chi connectivity index (χ3v) is 7.76. The third-order valence-electron chi connectivity index (χ3n) is 6.64. The summed E-state index contributed by atoms with van der Waals surface area (Å²) in [5.41, 5.74) is 10.8. The van der Waals surface area contributed by atoms with Gasteiger partial charge in [0.25, 0.3) is 0 Å². The Labute approximate surface area is 216 Å². The molecule has 0 aliphatic heterocycles. The average Bonchev–Trinajstić information content (AvgIpc) is 2.78. The molecule has 0 saturated carbocycles. The summed E-state index contributed by atoms with van der Waals surface area (Å²) in [4.78, 5) is 2.68. The molecule has 0 spiro atoms. The van der Waals surface area contributed by atoms with E-state index in [-0.39, 0.29) is 10.8 Å². The zero-order chi connectivity index (χ0) is 25.4. The SMILES string of the molecule is Cc1ccccc1-c1cccc(Sc2cccc(-c3ccccc3C)c2C(C)(C)C)c1C(C)(C)C. The minimum Gasteiger partial charge on any atom is -0.0894 e. The van der Waals surface area contributed by atoms with Crippen LogP contribution < -0.4 is 0 Å². The maximum Gasteiger partial charge on any atom is 0.0166 e. The summed E-state index contributed by atoms with van der Waals surface area (Å²) in [5.74, 6) is 0. The molecule has 0 aliphatic carbocycles. The molecule has 0 nitrogen and oxygen atoms in total. The first-order valence-electron chi connectivity index (χ1n) is 12.6. The van der Waals surface area contributed by atoms with Crippen molar-refractivity contribution in [2.24, 2.45) is 0 Å². The molecular weight excluding hydrogens is 440 g/mol. The van der Waals surface area contributed by atoms with E-state index in [0.29, 0.717) is 0 Å². The molecule has 0 unspecified atom stereocenters. The molecule has 0 aromatic heterocycles. The van der Waals surface area contributed by atoms with Crippen molar-refractivity contribution in [3.05, 3.63) is 107 Å². The molecule has 0 atom stereocenters. The van der Waals surface area contributed by atoms with Gasteiger partial charge in [0.2, 0.25) is 0 Å². The van der Waals surface area contributed by atoms with Gasteiger partial charge < -0.3 is 0 Å². The van der Waals surface area contributed by atoms with E-state index >= 15 is 0 Å². The Morgan fingerprint density at radius 1 is 0.429 bits per heavy atom. The second-order valence-corrected chi connectivity index (χ2v) is 12.7. The van der Waals surface area contributed by atoms with Crippen molar-refractivity contribution in [3.63, 3.8) is 0 Å². The van der Waals surface area contributed by atoms with Crippen LogP contribution in [0.3, 0.4) is 0 Å². The molecule has 0 fully saturated rings. The topological polar surface area (TPSA) is 0 Å². The molecule has 0 N–H and O–H groups in total. The number of hydrogen-bond acceptors (Lipinski definition) is 1. The van der Waals surface area contributed by atoms with Crippen LogP contribution in [0.1, 0.15) is 63.8 Å². The summed E-state index contributed by atoms with van der Waals surface area (Å²) < 4.78 is 0. The third kappa shape index (κ3) is 5.26. The standard InChI is InChI=1S/C34H38S/c1-23-15-9-11-17-25(23)27-19-13-21-29(31(27)33(3,4)5)35-30-22-14-20-28(32(30)34(6,7)8)26-18-12-10-16-24(26)2/h9-22H,1-8H3. The molecular formula is C34H38S. The Bertz CT molecular complexity index is 1240. The molecule has 0 amide bonds. The van der Waals surface area contributed by atoms with E-state index < -0.39 is 0 Å². The lowest BCUT2D eigenvalue weighted by Crippen LogP contribution is -2.16. The fourth-order valence-electron chi connectivity index (χ4n) is 5.10. The first-order valence-corrected chi connectivity index (χ1v) is 13.4. The Hall–Kier alpha value is -2.77. The highest BCUT2D eigenvalue weighted by Gasteiger charge is 2.27. The highest BCUT2D eigenvalue weighted by atomic mass is 32.2. The molecule has 35 heavy (non-hydrogen) atoms. The zero-order valence-corrected chi connectivity index (χ0v) is 23.3. The predicted molar refractivity (Wildman–Crippen MR) is 155 cm³/mol. The predicted octanol–water partition coefficient (Wildman–Crippen LogP) is 10.4. The maximum absolute atomic E-state index is 2.34. The Balaban J connectivity index is 1.94. The van der Waals surface area contributed by atoms with Gasteiger partial charge in [0.1, 0.15) is 0 Å². The summed E-state index contributed by atoms with van der Waals surface area (Å²) >= 11 is 1.92. The summed E-state index contributed by atoms with van der Waals surface area (Å²) in [7, 11) is 0. The van der Waals surface area contributed by atoms with Gasteiger partial charge >= 0.3 is 0 Å². The van der Waals surface area contributed by atoms with Crippen LogP contribution in [0.2, 0.25) is 0 Å². The second-order valence-electron chi connectivity index (χ2n) is 11.6. The number of rotatable bonds is 4. The Kier molecular flexibility index (Phi) is 7.02. The van der Waals surface area contributed by atoms with E-state index in [2.05, 4.69) is 140 Å². The summed E-state index contributed by atoms with van der Waals surface area (Å²) in [5, 5.41) is 0. The minimum atomic E-state index is 0.0106. The molecule has 4 aromatic rings. The van der Waals surface area contributed by atoms with Crippen molar-refractivity contribution in [1.82, 2.24) is 0 Å². The van der Waals surface area contributed by atoms with Gasteiger partial charge in [0.05, 0.1) is 0 Å². The molecule has 0 heterocycles. The molecule has 0 saturated heterocycles. The fourth-order valence-corrected chi connectivity index (χ4v) is 6.66. The first-order chi connectivity index (χ1) is 16.5. The van der Waals surface area contributed by atoms with E-state index in [1.54, 1.807) is 0 Å². The quantitative estimate of drug-likeness (QED) is 0.281. The molecule has 1 heteroatoms. The van der Waals surface area contributed by atoms with Gasteiger partial charge in [-0.1, -0.05) is 126 Å². The first kappa shape index (κ1) is 25.3. The van der Waals surface area contributed by atoms with Crippen molar-refractivity contribution in [2.75, 3.05) is 0 Å². The lowest BCUT2D eigenvalue weighted by Gasteiger charge is -2.30. The molecule has 0 aliphatic rings. The van der Waals surface area contributed by atoms with Crippen LogP contribution in [0, 0.1) is 13.8 Å². The van der Waals surface area contributed by atoms with E-state index in [0.717, 1.165) is 0 Å². The Morgan fingerprint density at radius 3 is 1.11 bits per heavy atom. The number of hydrogen-bond donors (Lipinski definition) is 0. The second kappa shape index (κ2) is 9.70. The summed E-state index contributed by atoms with van der Waals surface area (Å²) in [6.07, 6.45) is 0. The van der Waals surface area contributed by atoms with Crippen LogP contribution in [-0.4, -0.2) is 0 Å². The van der Waals surface area contributed by atoms with E-state index in [1.807, 2.05) is 11.8 Å². The van der Waals surface area contributed by atoms with Gasteiger partial charge in [0.15, 0.2) is 0 Å². The van der Waals surface area contributed by atoms with Crippen molar-refractivity contribution < 1.29 is 0 Å². The summed E-state index contributed by atoms with van der Waals surface area (Å²) in [6.45, 7) is 18.4. The molecule has 4 aromatic carbocycles. The highest BCUT2D eigenvalue weighted by molar-refractivity contribution is 7.99. The van der Waals surface area contributed by atoms with Crippen LogP contribution >= 0.6 is 11.8 Å². The van der Waals surface area contributed by atoms with Gasteiger partial charge in [-0.25, -0.2) is 0 Å². The van der Waals surface area contributed by atoms with Crippen LogP contribution in [0.15, 0.2) is 94.7 Å². The van der Waals surface area contributed by atoms with Crippen molar-refractivity contribution in [2.45, 2.75) is 76.0 Å². The van der Waals surface area contributed by atoms with E-state index in [9.17, 15) is 0 Å². The Morgan fingerprint density at radius 2 is 0.771 bits per heavy atom. The van der Waals surface area contributed by atoms with Gasteiger partial charge in [-0.2, -0.15) is 0 Å².